The Kier molecular flexibility index (Phi) is 6.19. The van der Waals surface area contributed by atoms with Crippen molar-refractivity contribution in [3.63, 3.8) is 0 Å². The van der Waals surface area contributed by atoms with Crippen molar-refractivity contribution in [1.82, 2.24) is 10.6 Å². The lowest BCUT2D eigenvalue weighted by Crippen LogP contribution is -2.39. The molecule has 0 aliphatic carbocycles. The van der Waals surface area contributed by atoms with Crippen LogP contribution in [0.5, 0.6) is 0 Å². The fourth-order valence-electron chi connectivity index (χ4n) is 1.47. The van der Waals surface area contributed by atoms with Gasteiger partial charge in [0.25, 0.3) is 0 Å². The van der Waals surface area contributed by atoms with E-state index in [9.17, 15) is 0 Å². The zero-order valence-electron chi connectivity index (χ0n) is 11.1. The summed E-state index contributed by atoms with van der Waals surface area (Å²) in [6, 6.07) is 10.4. The molecule has 0 spiro atoms. The van der Waals surface area contributed by atoms with E-state index in [0.717, 1.165) is 26.2 Å². The molecule has 0 aromatic heterocycles. The maximum Gasteiger partial charge on any atom is 0.0746 e. The summed E-state index contributed by atoms with van der Waals surface area (Å²) in [7, 11) is 1.75. The Bertz CT molecular complexity index is 298. The fourth-order valence-corrected chi connectivity index (χ4v) is 1.47. The molecule has 1 aromatic rings. The number of benzene rings is 1. The fraction of sp³-hybridized carbons (Fsp3) is 0.571. The number of ether oxygens (including phenoxy) is 1. The monoisotopic (exact) mass is 236 g/mol. The molecular formula is C14H24N2O. The summed E-state index contributed by atoms with van der Waals surface area (Å²) in [6.07, 6.45) is 0. The second-order valence-electron chi connectivity index (χ2n) is 4.80. The molecule has 17 heavy (non-hydrogen) atoms. The molecule has 0 atom stereocenters. The molecule has 96 valence electrons. The van der Waals surface area contributed by atoms with Crippen LogP contribution in [0.15, 0.2) is 30.3 Å². The molecule has 3 nitrogen and oxygen atoms in total. The van der Waals surface area contributed by atoms with Gasteiger partial charge >= 0.3 is 0 Å². The maximum atomic E-state index is 5.33. The van der Waals surface area contributed by atoms with Gasteiger partial charge in [-0.05, 0) is 19.4 Å². The van der Waals surface area contributed by atoms with Gasteiger partial charge in [0.05, 0.1) is 5.60 Å². The van der Waals surface area contributed by atoms with Gasteiger partial charge in [-0.2, -0.15) is 0 Å². The van der Waals surface area contributed by atoms with E-state index in [1.54, 1.807) is 7.11 Å². The van der Waals surface area contributed by atoms with Crippen LogP contribution in [0.2, 0.25) is 0 Å². The highest BCUT2D eigenvalue weighted by atomic mass is 16.5. The smallest absolute Gasteiger partial charge is 0.0746 e. The van der Waals surface area contributed by atoms with Crippen molar-refractivity contribution < 1.29 is 4.74 Å². The minimum Gasteiger partial charge on any atom is -0.377 e. The van der Waals surface area contributed by atoms with Crippen molar-refractivity contribution in [2.75, 3.05) is 26.7 Å². The van der Waals surface area contributed by atoms with Crippen LogP contribution in [-0.2, 0) is 11.3 Å². The van der Waals surface area contributed by atoms with Gasteiger partial charge in [0, 0.05) is 33.3 Å². The number of hydrogen-bond donors (Lipinski definition) is 2. The normalized spacial score (nSPS) is 11.7. The number of rotatable bonds is 8. The van der Waals surface area contributed by atoms with E-state index in [4.69, 9.17) is 4.74 Å². The van der Waals surface area contributed by atoms with Crippen molar-refractivity contribution >= 4 is 0 Å². The standard InChI is InChI=1S/C14H24N2O/c1-14(2,17-3)12-16-10-9-15-11-13-7-5-4-6-8-13/h4-8,15-16H,9-12H2,1-3H3. The Labute approximate surface area is 105 Å². The molecule has 0 amide bonds. The van der Waals surface area contributed by atoms with Crippen LogP contribution in [0, 0.1) is 0 Å². The van der Waals surface area contributed by atoms with E-state index >= 15 is 0 Å². The summed E-state index contributed by atoms with van der Waals surface area (Å²) < 4.78 is 5.33. The molecule has 1 rings (SSSR count). The maximum absolute atomic E-state index is 5.33. The molecule has 0 radical (unpaired) electrons. The van der Waals surface area contributed by atoms with E-state index in [1.807, 2.05) is 6.07 Å². The van der Waals surface area contributed by atoms with E-state index in [0.29, 0.717) is 0 Å². The lowest BCUT2D eigenvalue weighted by Gasteiger charge is -2.23. The van der Waals surface area contributed by atoms with Crippen molar-refractivity contribution in [2.45, 2.75) is 26.0 Å². The average Bonchev–Trinajstić information content (AvgIpc) is 2.35. The molecule has 0 fully saturated rings. The summed E-state index contributed by atoms with van der Waals surface area (Å²) in [5.41, 5.74) is 1.24. The average molecular weight is 236 g/mol. The summed E-state index contributed by atoms with van der Waals surface area (Å²) in [4.78, 5) is 0. The van der Waals surface area contributed by atoms with E-state index in [1.165, 1.54) is 5.56 Å². The van der Waals surface area contributed by atoms with E-state index < -0.39 is 0 Å². The minimum absolute atomic E-state index is 0.0839. The van der Waals surface area contributed by atoms with E-state index in [2.05, 4.69) is 48.7 Å². The first-order valence-corrected chi connectivity index (χ1v) is 6.14. The highest BCUT2D eigenvalue weighted by Crippen LogP contribution is 2.03. The third-order valence-electron chi connectivity index (χ3n) is 2.75. The highest BCUT2D eigenvalue weighted by molar-refractivity contribution is 5.14. The largest absolute Gasteiger partial charge is 0.377 e. The molecule has 2 N–H and O–H groups in total. The molecule has 1 aromatic carbocycles. The van der Waals surface area contributed by atoms with Gasteiger partial charge in [0.15, 0.2) is 0 Å². The molecule has 3 heteroatoms. The molecular weight excluding hydrogens is 212 g/mol. The van der Waals surface area contributed by atoms with Crippen LogP contribution in [0.3, 0.4) is 0 Å². The third-order valence-corrected chi connectivity index (χ3v) is 2.75. The van der Waals surface area contributed by atoms with Crippen molar-refractivity contribution in [1.29, 1.82) is 0 Å². The number of nitrogens with one attached hydrogen (secondary N) is 2. The Hall–Kier alpha value is -0.900. The number of hydrogen-bond acceptors (Lipinski definition) is 3. The van der Waals surface area contributed by atoms with Crippen LogP contribution in [0.4, 0.5) is 0 Å². The Balaban J connectivity index is 2.02. The predicted molar refractivity (Wildman–Crippen MR) is 72.1 cm³/mol. The Morgan fingerprint density at radius 2 is 1.71 bits per heavy atom. The van der Waals surface area contributed by atoms with Crippen LogP contribution in [0.25, 0.3) is 0 Å². The quantitative estimate of drug-likeness (QED) is 0.675. The molecule has 0 heterocycles. The van der Waals surface area contributed by atoms with Gasteiger partial charge in [0.2, 0.25) is 0 Å². The zero-order chi connectivity index (χ0) is 12.6. The molecule has 0 bridgehead atoms. The van der Waals surface area contributed by atoms with Gasteiger partial charge < -0.3 is 15.4 Å². The Morgan fingerprint density at radius 3 is 2.35 bits per heavy atom. The predicted octanol–water partition coefficient (Wildman–Crippen LogP) is 1.79. The van der Waals surface area contributed by atoms with Crippen LogP contribution in [-0.4, -0.2) is 32.3 Å². The first kappa shape index (κ1) is 14.2. The van der Waals surface area contributed by atoms with Gasteiger partial charge in [-0.25, -0.2) is 0 Å². The minimum atomic E-state index is -0.0839. The van der Waals surface area contributed by atoms with E-state index in [-0.39, 0.29) is 5.60 Å². The second-order valence-corrected chi connectivity index (χ2v) is 4.80. The van der Waals surface area contributed by atoms with Gasteiger partial charge in [-0.3, -0.25) is 0 Å². The lowest BCUT2D eigenvalue weighted by molar-refractivity contribution is 0.0235. The van der Waals surface area contributed by atoms with Crippen LogP contribution in [0.1, 0.15) is 19.4 Å². The highest BCUT2D eigenvalue weighted by Gasteiger charge is 2.14. The van der Waals surface area contributed by atoms with Crippen molar-refractivity contribution in [3.8, 4) is 0 Å². The topological polar surface area (TPSA) is 33.3 Å². The van der Waals surface area contributed by atoms with Gasteiger partial charge in [-0.15, -0.1) is 0 Å². The molecule has 0 aliphatic heterocycles. The Morgan fingerprint density at radius 1 is 1.06 bits per heavy atom. The SMILES string of the molecule is COC(C)(C)CNCCNCc1ccccc1. The number of methoxy groups -OCH3 is 1. The van der Waals surface area contributed by atoms with Crippen LogP contribution >= 0.6 is 0 Å². The molecule has 0 saturated carbocycles. The summed E-state index contributed by atoms with van der Waals surface area (Å²) >= 11 is 0. The molecule has 0 saturated heterocycles. The summed E-state index contributed by atoms with van der Waals surface area (Å²) in [5.74, 6) is 0. The van der Waals surface area contributed by atoms with Crippen molar-refractivity contribution in [2.24, 2.45) is 0 Å². The zero-order valence-corrected chi connectivity index (χ0v) is 11.1. The van der Waals surface area contributed by atoms with Crippen LogP contribution < -0.4 is 10.6 Å². The summed E-state index contributed by atoms with van der Waals surface area (Å²) in [5, 5.41) is 6.78. The molecule has 0 aliphatic rings. The van der Waals surface area contributed by atoms with Gasteiger partial charge in [0.1, 0.15) is 0 Å². The first-order valence-electron chi connectivity index (χ1n) is 6.14. The second kappa shape index (κ2) is 7.43. The lowest BCUT2D eigenvalue weighted by atomic mass is 10.1. The van der Waals surface area contributed by atoms with Crippen molar-refractivity contribution in [3.05, 3.63) is 35.9 Å². The van der Waals surface area contributed by atoms with Gasteiger partial charge in [-0.1, -0.05) is 30.3 Å². The third kappa shape index (κ3) is 6.41. The first-order chi connectivity index (χ1) is 8.14. The molecule has 0 unspecified atom stereocenters. The summed E-state index contributed by atoms with van der Waals surface area (Å²) in [6.45, 7) is 7.88.